The van der Waals surface area contributed by atoms with Crippen molar-refractivity contribution in [1.29, 1.82) is 0 Å². The number of anilines is 1. The van der Waals surface area contributed by atoms with Gasteiger partial charge < -0.3 is 10.5 Å². The summed E-state index contributed by atoms with van der Waals surface area (Å²) in [6, 6.07) is 5.69. The number of halogens is 1. The molecule has 3 rings (SSSR count). The average Bonchev–Trinajstić information content (AvgIpc) is 2.75. The van der Waals surface area contributed by atoms with Crippen LogP contribution in [0.4, 0.5) is 5.95 Å². The molecule has 2 N–H and O–H groups in total. The van der Waals surface area contributed by atoms with Crippen molar-refractivity contribution < 1.29 is 4.74 Å². The smallest absolute Gasteiger partial charge is 0.245 e. The summed E-state index contributed by atoms with van der Waals surface area (Å²) in [5.74, 6) is 0.660. The summed E-state index contributed by atoms with van der Waals surface area (Å²) in [7, 11) is 1.52. The summed E-state index contributed by atoms with van der Waals surface area (Å²) in [5, 5.41) is 0.577. The quantitative estimate of drug-likeness (QED) is 0.783. The Labute approximate surface area is 120 Å². The van der Waals surface area contributed by atoms with E-state index in [4.69, 9.17) is 22.1 Å². The summed E-state index contributed by atoms with van der Waals surface area (Å²) in [5.41, 5.74) is 8.83. The molecule has 7 heteroatoms. The van der Waals surface area contributed by atoms with Crippen molar-refractivity contribution in [3.63, 3.8) is 0 Å². The van der Waals surface area contributed by atoms with Crippen molar-refractivity contribution in [2.75, 3.05) is 12.8 Å². The van der Waals surface area contributed by atoms with E-state index in [0.29, 0.717) is 22.1 Å². The molecule has 3 aromatic rings. The van der Waals surface area contributed by atoms with Gasteiger partial charge in [0.15, 0.2) is 11.2 Å². The van der Waals surface area contributed by atoms with Gasteiger partial charge in [0.25, 0.3) is 0 Å². The zero-order valence-corrected chi connectivity index (χ0v) is 11.7. The van der Waals surface area contributed by atoms with Crippen LogP contribution in [-0.2, 0) is 0 Å². The molecule has 0 saturated heterocycles. The summed E-state index contributed by atoms with van der Waals surface area (Å²) in [4.78, 5) is 12.5. The number of nitrogen functional groups attached to an aromatic ring is 1. The molecule has 0 bridgehead atoms. The first-order valence-electron chi connectivity index (χ1n) is 5.91. The third-order valence-corrected chi connectivity index (χ3v) is 3.28. The van der Waals surface area contributed by atoms with Crippen LogP contribution < -0.4 is 10.5 Å². The van der Waals surface area contributed by atoms with E-state index in [-0.39, 0.29) is 5.95 Å². The first-order chi connectivity index (χ1) is 9.61. The summed E-state index contributed by atoms with van der Waals surface area (Å²) in [6.07, 6.45) is 1.40. The Bertz CT molecular complexity index is 799. The van der Waals surface area contributed by atoms with Gasteiger partial charge in [-0.05, 0) is 24.6 Å². The number of methoxy groups -OCH3 is 1. The van der Waals surface area contributed by atoms with Crippen LogP contribution in [0.3, 0.4) is 0 Å². The standard InChI is InChI=1S/C13H12ClN5O/c1-7-3-4-9(8(14)5-7)19-11-10(18-13(19)15)12(20-2)17-6-16-11/h3-6H,1-2H3,(H2,15,18). The van der Waals surface area contributed by atoms with Gasteiger partial charge in [-0.1, -0.05) is 17.7 Å². The molecule has 6 nitrogen and oxygen atoms in total. The highest BCUT2D eigenvalue weighted by molar-refractivity contribution is 6.32. The summed E-state index contributed by atoms with van der Waals surface area (Å²) in [6.45, 7) is 1.97. The van der Waals surface area contributed by atoms with Crippen LogP contribution >= 0.6 is 11.6 Å². The van der Waals surface area contributed by atoms with Crippen molar-refractivity contribution in [2.45, 2.75) is 6.92 Å². The van der Waals surface area contributed by atoms with Gasteiger partial charge in [-0.2, -0.15) is 4.98 Å². The largest absolute Gasteiger partial charge is 0.479 e. The maximum Gasteiger partial charge on any atom is 0.245 e. The van der Waals surface area contributed by atoms with Gasteiger partial charge in [-0.3, -0.25) is 4.57 Å². The number of benzene rings is 1. The van der Waals surface area contributed by atoms with Gasteiger partial charge in [-0.15, -0.1) is 0 Å². The normalized spacial score (nSPS) is 10.9. The first kappa shape index (κ1) is 12.7. The SMILES string of the molecule is COc1ncnc2c1nc(N)n2-c1ccc(C)cc1Cl. The van der Waals surface area contributed by atoms with Crippen molar-refractivity contribution in [1.82, 2.24) is 19.5 Å². The van der Waals surface area contributed by atoms with Crippen molar-refractivity contribution in [3.05, 3.63) is 35.1 Å². The molecule has 0 fully saturated rings. The molecule has 2 aromatic heterocycles. The zero-order chi connectivity index (χ0) is 14.3. The fourth-order valence-corrected chi connectivity index (χ4v) is 2.39. The molecule has 20 heavy (non-hydrogen) atoms. The molecule has 2 heterocycles. The Morgan fingerprint density at radius 1 is 1.30 bits per heavy atom. The molecule has 0 unspecified atom stereocenters. The number of hydrogen-bond acceptors (Lipinski definition) is 5. The number of ether oxygens (including phenoxy) is 1. The number of aromatic nitrogens is 4. The molecular weight excluding hydrogens is 278 g/mol. The predicted octanol–water partition coefficient (Wildman–Crippen LogP) is 2.37. The van der Waals surface area contributed by atoms with Gasteiger partial charge >= 0.3 is 0 Å². The van der Waals surface area contributed by atoms with E-state index < -0.39 is 0 Å². The van der Waals surface area contributed by atoms with E-state index in [2.05, 4.69) is 15.0 Å². The molecule has 102 valence electrons. The molecule has 0 aliphatic heterocycles. The fraction of sp³-hybridized carbons (Fsp3) is 0.154. The van der Waals surface area contributed by atoms with E-state index in [9.17, 15) is 0 Å². The monoisotopic (exact) mass is 289 g/mol. The third-order valence-electron chi connectivity index (χ3n) is 2.97. The number of nitrogens with zero attached hydrogens (tertiary/aromatic N) is 4. The van der Waals surface area contributed by atoms with E-state index in [1.807, 2.05) is 25.1 Å². The number of hydrogen-bond donors (Lipinski definition) is 1. The van der Waals surface area contributed by atoms with Gasteiger partial charge in [0.1, 0.15) is 6.33 Å². The molecule has 0 aliphatic carbocycles. The minimum absolute atomic E-state index is 0.282. The van der Waals surface area contributed by atoms with E-state index in [1.54, 1.807) is 4.57 Å². The lowest BCUT2D eigenvalue weighted by Crippen LogP contribution is -2.02. The maximum atomic E-state index is 6.29. The van der Waals surface area contributed by atoms with Crippen molar-refractivity contribution >= 4 is 28.7 Å². The first-order valence-corrected chi connectivity index (χ1v) is 6.29. The van der Waals surface area contributed by atoms with Crippen molar-refractivity contribution in [2.24, 2.45) is 0 Å². The Kier molecular flexibility index (Phi) is 2.94. The minimum atomic E-state index is 0.282. The summed E-state index contributed by atoms with van der Waals surface area (Å²) >= 11 is 6.29. The van der Waals surface area contributed by atoms with Gasteiger partial charge in [0, 0.05) is 0 Å². The number of nitrogens with two attached hydrogens (primary N) is 1. The summed E-state index contributed by atoms with van der Waals surface area (Å²) < 4.78 is 6.85. The van der Waals surface area contributed by atoms with Crippen LogP contribution in [0.5, 0.6) is 5.88 Å². The minimum Gasteiger partial charge on any atom is -0.479 e. The van der Waals surface area contributed by atoms with Gasteiger partial charge in [0.05, 0.1) is 17.8 Å². The molecule has 0 spiro atoms. The highest BCUT2D eigenvalue weighted by atomic mass is 35.5. The van der Waals surface area contributed by atoms with Crippen LogP contribution in [0.2, 0.25) is 5.02 Å². The highest BCUT2D eigenvalue weighted by Crippen LogP contribution is 2.30. The van der Waals surface area contributed by atoms with Crippen LogP contribution in [0.15, 0.2) is 24.5 Å². The van der Waals surface area contributed by atoms with E-state index in [1.165, 1.54) is 13.4 Å². The number of aryl methyl sites for hydroxylation is 1. The highest BCUT2D eigenvalue weighted by Gasteiger charge is 2.17. The lowest BCUT2D eigenvalue weighted by atomic mass is 10.2. The molecular formula is C13H12ClN5O. The molecule has 0 saturated carbocycles. The molecule has 1 aromatic carbocycles. The van der Waals surface area contributed by atoms with E-state index in [0.717, 1.165) is 11.3 Å². The zero-order valence-electron chi connectivity index (χ0n) is 11.0. The van der Waals surface area contributed by atoms with Crippen molar-refractivity contribution in [3.8, 4) is 11.6 Å². The van der Waals surface area contributed by atoms with Gasteiger partial charge in [-0.25, -0.2) is 9.97 Å². The van der Waals surface area contributed by atoms with Crippen LogP contribution in [0.25, 0.3) is 16.9 Å². The second-order valence-electron chi connectivity index (χ2n) is 4.32. The Balaban J connectivity index is 2.34. The third kappa shape index (κ3) is 1.85. The Hall–Kier alpha value is -2.34. The second kappa shape index (κ2) is 4.64. The van der Waals surface area contributed by atoms with E-state index >= 15 is 0 Å². The van der Waals surface area contributed by atoms with Crippen LogP contribution in [0, 0.1) is 6.92 Å². The topological polar surface area (TPSA) is 78.8 Å². The van der Waals surface area contributed by atoms with Crippen LogP contribution in [-0.4, -0.2) is 26.6 Å². The molecule has 0 aliphatic rings. The lowest BCUT2D eigenvalue weighted by Gasteiger charge is -2.08. The fourth-order valence-electron chi connectivity index (χ4n) is 2.07. The predicted molar refractivity (Wildman–Crippen MR) is 77.4 cm³/mol. The molecule has 0 radical (unpaired) electrons. The van der Waals surface area contributed by atoms with Crippen LogP contribution in [0.1, 0.15) is 5.56 Å². The maximum absolute atomic E-state index is 6.29. The Morgan fingerprint density at radius 3 is 2.80 bits per heavy atom. The molecule has 0 atom stereocenters. The number of imidazole rings is 1. The second-order valence-corrected chi connectivity index (χ2v) is 4.72. The Morgan fingerprint density at radius 2 is 2.10 bits per heavy atom. The number of fused-ring (bicyclic) bond motifs is 1. The van der Waals surface area contributed by atoms with Gasteiger partial charge in [0.2, 0.25) is 11.8 Å². The molecule has 0 amide bonds. The average molecular weight is 290 g/mol. The number of rotatable bonds is 2. The lowest BCUT2D eigenvalue weighted by molar-refractivity contribution is 0.401.